The predicted octanol–water partition coefficient (Wildman–Crippen LogP) is 4.15. The van der Waals surface area contributed by atoms with Crippen LogP contribution in [0.1, 0.15) is 12.8 Å². The highest BCUT2D eigenvalue weighted by Gasteiger charge is 2.39. The number of pyridine rings is 1. The minimum absolute atomic E-state index is 0.00155. The second-order valence-electron chi connectivity index (χ2n) is 5.53. The summed E-state index contributed by atoms with van der Waals surface area (Å²) in [6.07, 6.45) is -4.40. The van der Waals surface area contributed by atoms with Gasteiger partial charge in [0.1, 0.15) is 11.4 Å². The van der Waals surface area contributed by atoms with E-state index in [0.29, 0.717) is 22.8 Å². The Balaban J connectivity index is 2.06. The molecule has 0 aliphatic carbocycles. The lowest BCUT2D eigenvalue weighted by molar-refractivity contribution is -0.156. The Bertz CT molecular complexity index is 904. The SMILES string of the molecule is COc1ccc(-c2nc(C(F)(F)F)oc2-c2ccc(OC(C)O)cc2)cn1. The van der Waals surface area contributed by atoms with E-state index < -0.39 is 18.4 Å². The summed E-state index contributed by atoms with van der Waals surface area (Å²) >= 11 is 0. The fourth-order valence-electron chi connectivity index (χ4n) is 2.36. The van der Waals surface area contributed by atoms with Crippen LogP contribution in [0.15, 0.2) is 47.0 Å². The number of hydrogen-bond acceptors (Lipinski definition) is 6. The Morgan fingerprint density at radius 2 is 1.74 bits per heavy atom. The molecule has 0 aliphatic rings. The summed E-state index contributed by atoms with van der Waals surface area (Å²) in [6, 6.07) is 9.10. The number of benzene rings is 1. The van der Waals surface area contributed by atoms with Gasteiger partial charge in [0, 0.05) is 23.4 Å². The highest BCUT2D eigenvalue weighted by Crippen LogP contribution is 2.38. The number of aromatic nitrogens is 2. The molecular weight excluding hydrogens is 365 g/mol. The van der Waals surface area contributed by atoms with Gasteiger partial charge < -0.3 is 19.0 Å². The summed E-state index contributed by atoms with van der Waals surface area (Å²) in [7, 11) is 1.43. The largest absolute Gasteiger partial charge is 0.481 e. The average Bonchev–Trinajstić information content (AvgIpc) is 3.08. The van der Waals surface area contributed by atoms with E-state index in [1.165, 1.54) is 56.6 Å². The third kappa shape index (κ3) is 4.20. The van der Waals surface area contributed by atoms with E-state index in [1.54, 1.807) is 0 Å². The summed E-state index contributed by atoms with van der Waals surface area (Å²) < 4.78 is 54.4. The van der Waals surface area contributed by atoms with Gasteiger partial charge in [0.2, 0.25) is 5.88 Å². The average molecular weight is 380 g/mol. The first-order chi connectivity index (χ1) is 12.8. The number of rotatable bonds is 5. The predicted molar refractivity (Wildman–Crippen MR) is 89.0 cm³/mol. The van der Waals surface area contributed by atoms with Crippen molar-refractivity contribution in [3.63, 3.8) is 0 Å². The maximum Gasteiger partial charge on any atom is 0.468 e. The third-order valence-corrected chi connectivity index (χ3v) is 3.51. The molecule has 0 saturated carbocycles. The number of halogens is 3. The van der Waals surface area contributed by atoms with E-state index in [4.69, 9.17) is 13.9 Å². The molecule has 0 radical (unpaired) electrons. The quantitative estimate of drug-likeness (QED) is 0.670. The molecule has 0 saturated heterocycles. The van der Waals surface area contributed by atoms with Gasteiger partial charge in [-0.15, -0.1) is 0 Å². The lowest BCUT2D eigenvalue weighted by Crippen LogP contribution is -2.09. The van der Waals surface area contributed by atoms with E-state index in [2.05, 4.69) is 9.97 Å². The Kier molecular flexibility index (Phi) is 5.04. The van der Waals surface area contributed by atoms with Crippen LogP contribution in [0.25, 0.3) is 22.6 Å². The van der Waals surface area contributed by atoms with Crippen molar-refractivity contribution in [3.8, 4) is 34.2 Å². The zero-order valence-electron chi connectivity index (χ0n) is 14.3. The molecule has 6 nitrogen and oxygen atoms in total. The van der Waals surface area contributed by atoms with Gasteiger partial charge in [-0.2, -0.15) is 13.2 Å². The van der Waals surface area contributed by atoms with Crippen molar-refractivity contribution in [1.29, 1.82) is 0 Å². The van der Waals surface area contributed by atoms with Gasteiger partial charge in [0.15, 0.2) is 12.1 Å². The van der Waals surface area contributed by atoms with Gasteiger partial charge in [-0.05, 0) is 37.3 Å². The fraction of sp³-hybridized carbons (Fsp3) is 0.222. The van der Waals surface area contributed by atoms with Gasteiger partial charge in [-0.1, -0.05) is 0 Å². The number of aliphatic hydroxyl groups excluding tert-OH is 1. The molecule has 3 rings (SSSR count). The molecule has 0 fully saturated rings. The summed E-state index contributed by atoms with van der Waals surface area (Å²) in [6.45, 7) is 1.44. The summed E-state index contributed by atoms with van der Waals surface area (Å²) in [4.78, 5) is 7.60. The van der Waals surface area contributed by atoms with E-state index in [9.17, 15) is 18.3 Å². The Morgan fingerprint density at radius 3 is 2.26 bits per heavy atom. The molecule has 0 bridgehead atoms. The minimum atomic E-state index is -4.73. The molecule has 3 aromatic rings. The standard InChI is InChI=1S/C18H15F3N2O4/c1-10(24)26-13-6-3-11(4-7-13)16-15(23-17(27-16)18(19,20)21)12-5-8-14(25-2)22-9-12/h3-10,24H,1-2H3. The van der Waals surface area contributed by atoms with Crippen LogP contribution in [0.2, 0.25) is 0 Å². The van der Waals surface area contributed by atoms with Gasteiger partial charge in [0.05, 0.1) is 7.11 Å². The number of methoxy groups -OCH3 is 1. The van der Waals surface area contributed by atoms with Crippen molar-refractivity contribution in [2.75, 3.05) is 7.11 Å². The molecule has 0 amide bonds. The second kappa shape index (κ2) is 7.28. The second-order valence-corrected chi connectivity index (χ2v) is 5.53. The van der Waals surface area contributed by atoms with Crippen LogP contribution in [0.5, 0.6) is 11.6 Å². The van der Waals surface area contributed by atoms with Crippen molar-refractivity contribution in [2.24, 2.45) is 0 Å². The molecule has 1 unspecified atom stereocenters. The smallest absolute Gasteiger partial charge is 0.468 e. The van der Waals surface area contributed by atoms with Crippen molar-refractivity contribution in [1.82, 2.24) is 9.97 Å². The molecule has 142 valence electrons. The van der Waals surface area contributed by atoms with Crippen LogP contribution < -0.4 is 9.47 Å². The first kappa shape index (κ1) is 18.7. The van der Waals surface area contributed by atoms with Crippen molar-refractivity contribution in [3.05, 3.63) is 48.5 Å². The van der Waals surface area contributed by atoms with E-state index >= 15 is 0 Å². The summed E-state index contributed by atoms with van der Waals surface area (Å²) in [5, 5.41) is 9.23. The van der Waals surface area contributed by atoms with Crippen LogP contribution in [0, 0.1) is 0 Å². The van der Waals surface area contributed by atoms with Crippen LogP contribution in [-0.2, 0) is 6.18 Å². The highest BCUT2D eigenvalue weighted by atomic mass is 19.4. The maximum absolute atomic E-state index is 13.1. The fourth-order valence-corrected chi connectivity index (χ4v) is 2.36. The number of nitrogens with zero attached hydrogens (tertiary/aromatic N) is 2. The lowest BCUT2D eigenvalue weighted by atomic mass is 10.1. The Hall–Kier alpha value is -3.07. The third-order valence-electron chi connectivity index (χ3n) is 3.51. The first-order valence-corrected chi connectivity index (χ1v) is 7.81. The van der Waals surface area contributed by atoms with Crippen molar-refractivity contribution in [2.45, 2.75) is 19.4 Å². The van der Waals surface area contributed by atoms with Gasteiger partial charge in [-0.3, -0.25) is 0 Å². The normalized spacial score (nSPS) is 12.7. The zero-order chi connectivity index (χ0) is 19.6. The molecule has 27 heavy (non-hydrogen) atoms. The highest BCUT2D eigenvalue weighted by molar-refractivity contribution is 5.76. The van der Waals surface area contributed by atoms with Crippen molar-refractivity contribution >= 4 is 0 Å². The van der Waals surface area contributed by atoms with Gasteiger partial charge in [-0.25, -0.2) is 9.97 Å². The summed E-state index contributed by atoms with van der Waals surface area (Å²) in [5.74, 6) is -0.734. The van der Waals surface area contributed by atoms with Crippen LogP contribution in [-0.4, -0.2) is 28.5 Å². The van der Waals surface area contributed by atoms with Crippen LogP contribution in [0.3, 0.4) is 0 Å². The van der Waals surface area contributed by atoms with E-state index in [-0.39, 0.29) is 11.5 Å². The number of ether oxygens (including phenoxy) is 2. The molecule has 0 spiro atoms. The van der Waals surface area contributed by atoms with Gasteiger partial charge >= 0.3 is 12.1 Å². The molecule has 1 N–H and O–H groups in total. The zero-order valence-corrected chi connectivity index (χ0v) is 14.3. The lowest BCUT2D eigenvalue weighted by Gasteiger charge is -2.09. The molecule has 1 atom stereocenters. The van der Waals surface area contributed by atoms with Crippen molar-refractivity contribution < 1.29 is 32.2 Å². The number of alkyl halides is 3. The minimum Gasteiger partial charge on any atom is -0.481 e. The molecule has 0 aliphatic heterocycles. The monoisotopic (exact) mass is 380 g/mol. The van der Waals surface area contributed by atoms with Crippen LogP contribution >= 0.6 is 0 Å². The molecular formula is C18H15F3N2O4. The molecule has 2 heterocycles. The first-order valence-electron chi connectivity index (χ1n) is 7.81. The number of oxazole rings is 1. The molecule has 1 aromatic carbocycles. The van der Waals surface area contributed by atoms with E-state index in [0.717, 1.165) is 0 Å². The number of hydrogen-bond donors (Lipinski definition) is 1. The summed E-state index contributed by atoms with van der Waals surface area (Å²) in [5.41, 5.74) is 0.706. The van der Waals surface area contributed by atoms with E-state index in [1.807, 2.05) is 0 Å². The molecule has 2 aromatic heterocycles. The molecule has 9 heteroatoms. The maximum atomic E-state index is 13.1. The number of aliphatic hydroxyl groups is 1. The van der Waals surface area contributed by atoms with Crippen LogP contribution in [0.4, 0.5) is 13.2 Å². The van der Waals surface area contributed by atoms with Gasteiger partial charge in [0.25, 0.3) is 0 Å². The Labute approximate surface area is 152 Å². The Morgan fingerprint density at radius 1 is 1.07 bits per heavy atom. The topological polar surface area (TPSA) is 77.6 Å².